The number of guanidine groups is 1. The summed E-state index contributed by atoms with van der Waals surface area (Å²) in [6.45, 7) is 9.10. The van der Waals surface area contributed by atoms with Gasteiger partial charge < -0.3 is 15.2 Å². The molecular weight excluding hydrogens is 369 g/mol. The van der Waals surface area contributed by atoms with E-state index in [9.17, 15) is 0 Å². The largest absolute Gasteiger partial charge is 0.356 e. The van der Waals surface area contributed by atoms with Crippen LogP contribution in [0.3, 0.4) is 0 Å². The van der Waals surface area contributed by atoms with E-state index < -0.39 is 0 Å². The molecule has 6 nitrogen and oxygen atoms in total. The lowest BCUT2D eigenvalue weighted by atomic mass is 10.2. The Morgan fingerprint density at radius 1 is 1.30 bits per heavy atom. The van der Waals surface area contributed by atoms with E-state index in [4.69, 9.17) is 4.52 Å². The van der Waals surface area contributed by atoms with Crippen molar-refractivity contribution < 1.29 is 4.52 Å². The summed E-state index contributed by atoms with van der Waals surface area (Å²) in [7, 11) is 1.77. The highest BCUT2D eigenvalue weighted by Gasteiger charge is 2.09. The number of rotatable bonds is 6. The Bertz CT molecular complexity index is 403. The molecule has 7 heteroatoms. The number of aliphatic imine (C=N–C) groups is 1. The van der Waals surface area contributed by atoms with Crippen LogP contribution >= 0.6 is 24.0 Å². The second-order valence-corrected chi connectivity index (χ2v) is 5.10. The molecule has 0 aliphatic rings. The normalized spacial score (nSPS) is 11.7. The number of aryl methyl sites for hydroxylation is 1. The van der Waals surface area contributed by atoms with Gasteiger partial charge in [-0.2, -0.15) is 4.98 Å². The lowest BCUT2D eigenvalue weighted by molar-refractivity contribution is 0.368. The molecule has 0 fully saturated rings. The molecule has 0 unspecified atom stereocenters. The molecule has 1 aromatic heterocycles. The summed E-state index contributed by atoms with van der Waals surface area (Å²) in [5.41, 5.74) is 0. The van der Waals surface area contributed by atoms with Crippen LogP contribution in [0.1, 0.15) is 51.7 Å². The van der Waals surface area contributed by atoms with Gasteiger partial charge in [0, 0.05) is 32.0 Å². The zero-order valence-corrected chi connectivity index (χ0v) is 15.3. The SMILES string of the molecule is CN=C(NCCCc1nc(C(C)C)no1)NC(C)C.I. The lowest BCUT2D eigenvalue weighted by Crippen LogP contribution is -2.41. The van der Waals surface area contributed by atoms with E-state index in [1.165, 1.54) is 0 Å². The van der Waals surface area contributed by atoms with Gasteiger partial charge in [-0.3, -0.25) is 4.99 Å². The van der Waals surface area contributed by atoms with E-state index in [0.717, 1.165) is 31.2 Å². The monoisotopic (exact) mass is 395 g/mol. The highest BCUT2D eigenvalue weighted by atomic mass is 127. The van der Waals surface area contributed by atoms with Crippen molar-refractivity contribution >= 4 is 29.9 Å². The number of aromatic nitrogens is 2. The average Bonchev–Trinajstić information content (AvgIpc) is 2.81. The maximum absolute atomic E-state index is 5.19. The van der Waals surface area contributed by atoms with Gasteiger partial charge in [-0.1, -0.05) is 19.0 Å². The molecule has 1 heterocycles. The van der Waals surface area contributed by atoms with E-state index in [1.54, 1.807) is 7.05 Å². The second-order valence-electron chi connectivity index (χ2n) is 5.10. The number of hydrogen-bond acceptors (Lipinski definition) is 4. The highest BCUT2D eigenvalue weighted by Crippen LogP contribution is 2.10. The van der Waals surface area contributed by atoms with Gasteiger partial charge in [-0.25, -0.2) is 0 Å². The van der Waals surface area contributed by atoms with Gasteiger partial charge in [0.25, 0.3) is 0 Å². The van der Waals surface area contributed by atoms with Crippen LogP contribution in [0.25, 0.3) is 0 Å². The minimum absolute atomic E-state index is 0. The first-order valence-corrected chi connectivity index (χ1v) is 6.82. The Morgan fingerprint density at radius 3 is 2.50 bits per heavy atom. The van der Waals surface area contributed by atoms with Crippen molar-refractivity contribution in [3.8, 4) is 0 Å². The first kappa shape index (κ1) is 19.1. The molecular formula is C13H26IN5O. The fourth-order valence-corrected chi connectivity index (χ4v) is 1.52. The quantitative estimate of drug-likeness (QED) is 0.335. The van der Waals surface area contributed by atoms with Crippen LogP contribution in [0.4, 0.5) is 0 Å². The molecule has 1 aromatic rings. The molecule has 0 aromatic carbocycles. The van der Waals surface area contributed by atoms with Gasteiger partial charge in [-0.15, -0.1) is 24.0 Å². The fourth-order valence-electron chi connectivity index (χ4n) is 1.52. The van der Waals surface area contributed by atoms with Crippen molar-refractivity contribution in [2.45, 2.75) is 52.5 Å². The van der Waals surface area contributed by atoms with Crippen molar-refractivity contribution in [1.82, 2.24) is 20.8 Å². The number of hydrogen-bond donors (Lipinski definition) is 2. The van der Waals surface area contributed by atoms with Gasteiger partial charge >= 0.3 is 0 Å². The van der Waals surface area contributed by atoms with Crippen molar-refractivity contribution in [3.63, 3.8) is 0 Å². The van der Waals surface area contributed by atoms with Crippen LogP contribution in [-0.4, -0.2) is 35.7 Å². The molecule has 116 valence electrons. The van der Waals surface area contributed by atoms with E-state index in [2.05, 4.69) is 53.5 Å². The van der Waals surface area contributed by atoms with Gasteiger partial charge in [-0.05, 0) is 20.3 Å². The molecule has 0 saturated carbocycles. The molecule has 1 rings (SSSR count). The Balaban J connectivity index is 0.00000361. The van der Waals surface area contributed by atoms with Crippen molar-refractivity contribution in [2.24, 2.45) is 4.99 Å². The Labute approximate surface area is 138 Å². The maximum Gasteiger partial charge on any atom is 0.226 e. The summed E-state index contributed by atoms with van der Waals surface area (Å²) in [5.74, 6) is 2.62. The minimum Gasteiger partial charge on any atom is -0.356 e. The predicted molar refractivity (Wildman–Crippen MR) is 91.8 cm³/mol. The molecule has 0 atom stereocenters. The Hall–Kier alpha value is -0.860. The van der Waals surface area contributed by atoms with E-state index >= 15 is 0 Å². The van der Waals surface area contributed by atoms with E-state index in [-0.39, 0.29) is 24.0 Å². The highest BCUT2D eigenvalue weighted by molar-refractivity contribution is 14.0. The Morgan fingerprint density at radius 2 is 2.00 bits per heavy atom. The zero-order valence-electron chi connectivity index (χ0n) is 12.9. The average molecular weight is 395 g/mol. The molecule has 0 radical (unpaired) electrons. The molecule has 20 heavy (non-hydrogen) atoms. The van der Waals surface area contributed by atoms with Gasteiger partial charge in [0.15, 0.2) is 11.8 Å². The molecule has 2 N–H and O–H groups in total. The standard InChI is InChI=1S/C13H25N5O.HI/c1-9(2)12-17-11(19-18-12)7-6-8-15-13(14-5)16-10(3)4;/h9-10H,6-8H2,1-5H3,(H2,14,15,16);1H. The van der Waals surface area contributed by atoms with Gasteiger partial charge in [0.2, 0.25) is 5.89 Å². The predicted octanol–water partition coefficient (Wildman–Crippen LogP) is 2.32. The van der Waals surface area contributed by atoms with Gasteiger partial charge in [0.1, 0.15) is 0 Å². The minimum atomic E-state index is 0. The number of nitrogens with one attached hydrogen (secondary N) is 2. The first-order valence-electron chi connectivity index (χ1n) is 6.82. The lowest BCUT2D eigenvalue weighted by Gasteiger charge is -2.13. The summed E-state index contributed by atoms with van der Waals surface area (Å²) < 4.78 is 5.19. The maximum atomic E-state index is 5.19. The molecule has 0 bridgehead atoms. The first-order chi connectivity index (χ1) is 9.02. The number of nitrogens with zero attached hydrogens (tertiary/aromatic N) is 3. The zero-order chi connectivity index (χ0) is 14.3. The molecule has 0 aliphatic heterocycles. The van der Waals surface area contributed by atoms with Crippen LogP contribution in [0.15, 0.2) is 9.52 Å². The van der Waals surface area contributed by atoms with Crippen molar-refractivity contribution in [3.05, 3.63) is 11.7 Å². The summed E-state index contributed by atoms with van der Waals surface area (Å²) >= 11 is 0. The van der Waals surface area contributed by atoms with Crippen LogP contribution in [0.5, 0.6) is 0 Å². The smallest absolute Gasteiger partial charge is 0.226 e. The molecule has 0 saturated heterocycles. The topological polar surface area (TPSA) is 75.3 Å². The molecule has 0 aliphatic carbocycles. The van der Waals surface area contributed by atoms with Crippen LogP contribution < -0.4 is 10.6 Å². The molecule has 0 amide bonds. The fraction of sp³-hybridized carbons (Fsp3) is 0.769. The van der Waals surface area contributed by atoms with Crippen LogP contribution in [0.2, 0.25) is 0 Å². The van der Waals surface area contributed by atoms with Crippen LogP contribution in [0, 0.1) is 0 Å². The number of halogens is 1. The Kier molecular flexibility index (Phi) is 9.52. The van der Waals surface area contributed by atoms with Gasteiger partial charge in [0.05, 0.1) is 0 Å². The second kappa shape index (κ2) is 9.95. The van der Waals surface area contributed by atoms with E-state index in [1.807, 2.05) is 0 Å². The third-order valence-corrected chi connectivity index (χ3v) is 2.51. The van der Waals surface area contributed by atoms with Crippen molar-refractivity contribution in [2.75, 3.05) is 13.6 Å². The van der Waals surface area contributed by atoms with Crippen molar-refractivity contribution in [1.29, 1.82) is 0 Å². The van der Waals surface area contributed by atoms with Crippen LogP contribution in [-0.2, 0) is 6.42 Å². The third-order valence-electron chi connectivity index (χ3n) is 2.51. The molecule has 0 spiro atoms. The summed E-state index contributed by atoms with van der Waals surface area (Å²) in [4.78, 5) is 8.49. The third kappa shape index (κ3) is 7.06. The summed E-state index contributed by atoms with van der Waals surface area (Å²) in [6, 6.07) is 0.371. The summed E-state index contributed by atoms with van der Waals surface area (Å²) in [6.07, 6.45) is 1.71. The van der Waals surface area contributed by atoms with E-state index in [0.29, 0.717) is 17.9 Å². The summed E-state index contributed by atoms with van der Waals surface area (Å²) in [5, 5.41) is 10.4.